The van der Waals surface area contributed by atoms with Gasteiger partial charge in [-0.15, -0.1) is 0 Å². The molecule has 98 valence electrons. The highest BCUT2D eigenvalue weighted by Gasteiger charge is 2.45. The molecular weight excluding hydrogens is 230 g/mol. The van der Waals surface area contributed by atoms with Crippen molar-refractivity contribution in [2.45, 2.75) is 25.5 Å². The fraction of sp³-hybridized carbons (Fsp3) is 0.500. The van der Waals surface area contributed by atoms with Crippen molar-refractivity contribution < 1.29 is 15.0 Å². The first-order valence-corrected chi connectivity index (χ1v) is 6.31. The van der Waals surface area contributed by atoms with Crippen molar-refractivity contribution in [3.8, 4) is 0 Å². The highest BCUT2D eigenvalue weighted by atomic mass is 16.4. The Hall–Kier alpha value is -1.39. The first-order chi connectivity index (χ1) is 8.55. The summed E-state index contributed by atoms with van der Waals surface area (Å²) < 4.78 is 0. The molecule has 0 aliphatic carbocycles. The maximum Gasteiger partial charge on any atom is 0.356 e. The maximum atomic E-state index is 11.5. The van der Waals surface area contributed by atoms with Gasteiger partial charge < -0.3 is 10.2 Å². The summed E-state index contributed by atoms with van der Waals surface area (Å²) in [7, 11) is 0. The van der Waals surface area contributed by atoms with E-state index in [0.29, 0.717) is 24.6 Å². The minimum absolute atomic E-state index is 0.410. The van der Waals surface area contributed by atoms with Crippen LogP contribution >= 0.6 is 0 Å². The van der Waals surface area contributed by atoms with Crippen LogP contribution in [0, 0.1) is 5.92 Å². The van der Waals surface area contributed by atoms with Crippen LogP contribution < -0.4 is 0 Å². The Morgan fingerprint density at radius 3 is 2.61 bits per heavy atom. The molecule has 0 bridgehead atoms. The average molecular weight is 249 g/mol. The lowest BCUT2D eigenvalue weighted by atomic mass is 9.94. The zero-order valence-electron chi connectivity index (χ0n) is 10.5. The standard InChI is InChI=1S/C14H19NO3/c1-11-6-5-9-15(10-11)14(18,13(16)17)12-7-3-2-4-8-12/h2-4,7-8,11,18H,5-6,9-10H2,1H3,(H,16,17)/t11-,14-/m0/s1. The molecule has 1 aromatic rings. The van der Waals surface area contributed by atoms with E-state index in [1.165, 1.54) is 0 Å². The van der Waals surface area contributed by atoms with Crippen molar-refractivity contribution >= 4 is 5.97 Å². The first kappa shape index (κ1) is 13.1. The van der Waals surface area contributed by atoms with Crippen molar-refractivity contribution in [2.75, 3.05) is 13.1 Å². The van der Waals surface area contributed by atoms with Crippen LogP contribution in [0.2, 0.25) is 0 Å². The average Bonchev–Trinajstić information content (AvgIpc) is 2.38. The van der Waals surface area contributed by atoms with E-state index in [9.17, 15) is 15.0 Å². The number of aliphatic carboxylic acids is 1. The number of nitrogens with zero attached hydrogens (tertiary/aromatic N) is 1. The quantitative estimate of drug-likeness (QED) is 0.855. The van der Waals surface area contributed by atoms with Gasteiger partial charge in [0.1, 0.15) is 0 Å². The second kappa shape index (κ2) is 5.08. The van der Waals surface area contributed by atoms with E-state index < -0.39 is 11.7 Å². The molecule has 0 amide bonds. The third-order valence-electron chi connectivity index (χ3n) is 3.59. The Bertz CT molecular complexity index is 420. The van der Waals surface area contributed by atoms with Crippen LogP contribution in [0.4, 0.5) is 0 Å². The lowest BCUT2D eigenvalue weighted by molar-refractivity contribution is -0.190. The molecule has 2 N–H and O–H groups in total. The number of carboxylic acids is 1. The summed E-state index contributed by atoms with van der Waals surface area (Å²) in [5.41, 5.74) is -1.48. The monoisotopic (exact) mass is 249 g/mol. The van der Waals surface area contributed by atoms with Crippen LogP contribution in [0.15, 0.2) is 30.3 Å². The van der Waals surface area contributed by atoms with Crippen LogP contribution in [0.5, 0.6) is 0 Å². The summed E-state index contributed by atoms with van der Waals surface area (Å²) in [5.74, 6) is -0.795. The Labute approximate surface area is 107 Å². The van der Waals surface area contributed by atoms with Gasteiger partial charge in [-0.1, -0.05) is 37.3 Å². The number of hydrogen-bond donors (Lipinski definition) is 2. The van der Waals surface area contributed by atoms with Crippen molar-refractivity contribution in [1.82, 2.24) is 4.90 Å². The number of carbonyl (C=O) groups is 1. The fourth-order valence-electron chi connectivity index (χ4n) is 2.60. The highest BCUT2D eigenvalue weighted by Crippen LogP contribution is 2.30. The summed E-state index contributed by atoms with van der Waals surface area (Å²) in [6, 6.07) is 8.62. The van der Waals surface area contributed by atoms with E-state index in [1.54, 1.807) is 29.2 Å². The van der Waals surface area contributed by atoms with Gasteiger partial charge in [-0.3, -0.25) is 4.90 Å². The molecule has 4 nitrogen and oxygen atoms in total. The van der Waals surface area contributed by atoms with E-state index in [4.69, 9.17) is 0 Å². The van der Waals surface area contributed by atoms with Crippen molar-refractivity contribution in [3.63, 3.8) is 0 Å². The molecule has 1 aromatic carbocycles. The number of carboxylic acid groups (broad SMARTS) is 1. The Morgan fingerprint density at radius 2 is 2.06 bits per heavy atom. The molecule has 0 saturated carbocycles. The van der Waals surface area contributed by atoms with E-state index in [0.717, 1.165) is 12.8 Å². The normalized spacial score (nSPS) is 24.4. The fourth-order valence-corrected chi connectivity index (χ4v) is 2.60. The number of likely N-dealkylation sites (tertiary alicyclic amines) is 1. The molecule has 1 saturated heterocycles. The molecule has 0 spiro atoms. The van der Waals surface area contributed by atoms with Crippen molar-refractivity contribution in [2.24, 2.45) is 5.92 Å². The topological polar surface area (TPSA) is 60.8 Å². The molecule has 1 aliphatic heterocycles. The van der Waals surface area contributed by atoms with E-state index >= 15 is 0 Å². The summed E-state index contributed by atoms with van der Waals surface area (Å²) in [5, 5.41) is 20.1. The molecule has 1 heterocycles. The van der Waals surface area contributed by atoms with Crippen LogP contribution in [0.25, 0.3) is 0 Å². The molecule has 0 unspecified atom stereocenters. The minimum Gasteiger partial charge on any atom is -0.478 e. The van der Waals surface area contributed by atoms with Gasteiger partial charge in [0, 0.05) is 18.7 Å². The SMILES string of the molecule is C[C@H]1CCCN([C@@](O)(C(=O)O)c2ccccc2)C1. The predicted octanol–water partition coefficient (Wildman–Crippen LogP) is 1.65. The van der Waals surface area contributed by atoms with Crippen LogP contribution in [0.3, 0.4) is 0 Å². The lowest BCUT2D eigenvalue weighted by Gasteiger charge is -2.40. The molecule has 1 fully saturated rings. The van der Waals surface area contributed by atoms with Gasteiger partial charge in [-0.05, 0) is 18.8 Å². The number of aliphatic hydroxyl groups is 1. The van der Waals surface area contributed by atoms with Gasteiger partial charge in [0.2, 0.25) is 5.72 Å². The third kappa shape index (κ3) is 2.26. The van der Waals surface area contributed by atoms with Crippen LogP contribution in [-0.2, 0) is 10.5 Å². The molecule has 0 aromatic heterocycles. The Balaban J connectivity index is 2.35. The molecule has 2 atom stereocenters. The van der Waals surface area contributed by atoms with Crippen LogP contribution in [0.1, 0.15) is 25.3 Å². The van der Waals surface area contributed by atoms with Crippen molar-refractivity contribution in [3.05, 3.63) is 35.9 Å². The zero-order valence-corrected chi connectivity index (χ0v) is 10.5. The number of benzene rings is 1. The second-order valence-corrected chi connectivity index (χ2v) is 5.04. The molecule has 18 heavy (non-hydrogen) atoms. The summed E-state index contributed by atoms with van der Waals surface area (Å²) in [4.78, 5) is 13.2. The van der Waals surface area contributed by atoms with E-state index in [1.807, 2.05) is 6.07 Å². The molecular formula is C14H19NO3. The Morgan fingerprint density at radius 1 is 1.39 bits per heavy atom. The zero-order chi connectivity index (χ0) is 13.2. The van der Waals surface area contributed by atoms with Gasteiger partial charge in [-0.25, -0.2) is 4.79 Å². The predicted molar refractivity (Wildman–Crippen MR) is 67.9 cm³/mol. The number of piperidine rings is 1. The highest BCUT2D eigenvalue weighted by molar-refractivity contribution is 5.78. The smallest absolute Gasteiger partial charge is 0.356 e. The summed E-state index contributed by atoms with van der Waals surface area (Å²) >= 11 is 0. The summed E-state index contributed by atoms with van der Waals surface area (Å²) in [6.45, 7) is 3.30. The molecule has 2 rings (SSSR count). The van der Waals surface area contributed by atoms with Gasteiger partial charge in [0.15, 0.2) is 0 Å². The summed E-state index contributed by atoms with van der Waals surface area (Å²) in [6.07, 6.45) is 2.00. The van der Waals surface area contributed by atoms with Gasteiger partial charge >= 0.3 is 5.97 Å². The first-order valence-electron chi connectivity index (χ1n) is 6.31. The number of rotatable bonds is 3. The maximum absolute atomic E-state index is 11.5. The number of hydrogen-bond acceptors (Lipinski definition) is 3. The second-order valence-electron chi connectivity index (χ2n) is 5.04. The molecule has 0 radical (unpaired) electrons. The van der Waals surface area contributed by atoms with Crippen LogP contribution in [-0.4, -0.2) is 34.2 Å². The minimum atomic E-state index is -1.91. The Kier molecular flexibility index (Phi) is 3.68. The van der Waals surface area contributed by atoms with Gasteiger partial charge in [-0.2, -0.15) is 0 Å². The van der Waals surface area contributed by atoms with E-state index in [2.05, 4.69) is 6.92 Å². The third-order valence-corrected chi connectivity index (χ3v) is 3.59. The van der Waals surface area contributed by atoms with Gasteiger partial charge in [0.25, 0.3) is 0 Å². The lowest BCUT2D eigenvalue weighted by Crippen LogP contribution is -2.55. The van der Waals surface area contributed by atoms with Crippen molar-refractivity contribution in [1.29, 1.82) is 0 Å². The van der Waals surface area contributed by atoms with E-state index in [-0.39, 0.29) is 0 Å². The molecule has 1 aliphatic rings. The largest absolute Gasteiger partial charge is 0.478 e. The van der Waals surface area contributed by atoms with Gasteiger partial charge in [0.05, 0.1) is 0 Å². The molecule has 4 heteroatoms.